The number of ether oxygens (including phenoxy) is 1. The van der Waals surface area contributed by atoms with E-state index in [0.717, 1.165) is 18.6 Å². The minimum atomic E-state index is -3.09. The zero-order chi connectivity index (χ0) is 14.6. The Bertz CT molecular complexity index is 513. The lowest BCUT2D eigenvalue weighted by Gasteiger charge is -2.19. The van der Waals surface area contributed by atoms with E-state index >= 15 is 0 Å². The molecule has 1 heterocycles. The first-order chi connectivity index (χ1) is 9.50. The molecule has 1 aliphatic heterocycles. The number of hydrogen-bond acceptors (Lipinski definition) is 3. The fraction of sp³-hybridized carbons (Fsp3) is 0.600. The Kier molecular flexibility index (Phi) is 5.05. The molecule has 0 amide bonds. The summed E-state index contributed by atoms with van der Waals surface area (Å²) in [5.41, 5.74) is 0. The molecule has 112 valence electrons. The second kappa shape index (κ2) is 6.59. The Balaban J connectivity index is 1.77. The van der Waals surface area contributed by atoms with Gasteiger partial charge in [0.05, 0.1) is 11.9 Å². The third-order valence-electron chi connectivity index (χ3n) is 3.74. The first kappa shape index (κ1) is 15.3. The fourth-order valence-electron chi connectivity index (χ4n) is 2.42. The topological polar surface area (TPSA) is 46.6 Å². The van der Waals surface area contributed by atoms with Crippen LogP contribution in [0.1, 0.15) is 26.7 Å². The van der Waals surface area contributed by atoms with Crippen molar-refractivity contribution in [3.05, 3.63) is 30.3 Å². The van der Waals surface area contributed by atoms with E-state index in [0.29, 0.717) is 25.6 Å². The average Bonchev–Trinajstić information content (AvgIpc) is 2.89. The number of para-hydroxylation sites is 1. The van der Waals surface area contributed by atoms with Gasteiger partial charge in [-0.1, -0.05) is 18.2 Å². The monoisotopic (exact) mass is 297 g/mol. The lowest BCUT2D eigenvalue weighted by Crippen LogP contribution is -2.34. The van der Waals surface area contributed by atoms with Crippen LogP contribution < -0.4 is 4.74 Å². The van der Waals surface area contributed by atoms with E-state index in [2.05, 4.69) is 0 Å². The van der Waals surface area contributed by atoms with Gasteiger partial charge >= 0.3 is 0 Å². The van der Waals surface area contributed by atoms with Crippen LogP contribution in [0.4, 0.5) is 0 Å². The summed E-state index contributed by atoms with van der Waals surface area (Å²) in [5, 5.41) is -0.332. The van der Waals surface area contributed by atoms with Crippen LogP contribution in [-0.4, -0.2) is 37.7 Å². The van der Waals surface area contributed by atoms with E-state index in [9.17, 15) is 8.42 Å². The molecule has 0 bridgehead atoms. The largest absolute Gasteiger partial charge is 0.494 e. The van der Waals surface area contributed by atoms with Gasteiger partial charge in [0.2, 0.25) is 10.0 Å². The SMILES string of the molecule is CC(C)S(=O)(=O)N1CCC(CCOc2ccccc2)C1. The molecule has 2 rings (SSSR count). The molecule has 0 saturated carbocycles. The van der Waals surface area contributed by atoms with Crippen molar-refractivity contribution in [1.82, 2.24) is 4.31 Å². The quantitative estimate of drug-likeness (QED) is 0.810. The molecule has 0 aliphatic carbocycles. The van der Waals surface area contributed by atoms with Crippen LogP contribution >= 0.6 is 0 Å². The number of nitrogens with zero attached hydrogens (tertiary/aromatic N) is 1. The third-order valence-corrected chi connectivity index (χ3v) is 5.99. The summed E-state index contributed by atoms with van der Waals surface area (Å²) in [6.07, 6.45) is 1.84. The van der Waals surface area contributed by atoms with E-state index in [-0.39, 0.29) is 5.25 Å². The first-order valence-electron chi connectivity index (χ1n) is 7.17. The van der Waals surface area contributed by atoms with Gasteiger partial charge in [-0.3, -0.25) is 0 Å². The maximum Gasteiger partial charge on any atom is 0.216 e. The Labute approximate surface area is 121 Å². The minimum Gasteiger partial charge on any atom is -0.494 e. The number of benzene rings is 1. The van der Waals surface area contributed by atoms with Gasteiger partial charge in [-0.15, -0.1) is 0 Å². The second-order valence-electron chi connectivity index (χ2n) is 5.56. The summed E-state index contributed by atoms with van der Waals surface area (Å²) in [6.45, 7) is 5.40. The predicted molar refractivity (Wildman–Crippen MR) is 80.3 cm³/mol. The second-order valence-corrected chi connectivity index (χ2v) is 8.05. The molecular weight excluding hydrogens is 274 g/mol. The average molecular weight is 297 g/mol. The highest BCUT2D eigenvalue weighted by molar-refractivity contribution is 7.89. The van der Waals surface area contributed by atoms with Gasteiger partial charge < -0.3 is 4.74 Å². The molecule has 0 aromatic heterocycles. The van der Waals surface area contributed by atoms with Gasteiger partial charge in [0.25, 0.3) is 0 Å². The highest BCUT2D eigenvalue weighted by Crippen LogP contribution is 2.24. The number of sulfonamides is 1. The molecular formula is C15H23NO3S. The molecule has 1 unspecified atom stereocenters. The normalized spacial score (nSPS) is 20.4. The van der Waals surface area contributed by atoms with Crippen LogP contribution in [0.15, 0.2) is 30.3 Å². The van der Waals surface area contributed by atoms with Crippen LogP contribution in [0.5, 0.6) is 5.75 Å². The number of rotatable bonds is 6. The van der Waals surface area contributed by atoms with E-state index in [4.69, 9.17) is 4.74 Å². The first-order valence-corrected chi connectivity index (χ1v) is 8.67. The fourth-order valence-corrected chi connectivity index (χ4v) is 3.80. The number of hydrogen-bond donors (Lipinski definition) is 0. The minimum absolute atomic E-state index is 0.332. The van der Waals surface area contributed by atoms with Crippen LogP contribution in [-0.2, 0) is 10.0 Å². The van der Waals surface area contributed by atoms with E-state index in [1.165, 1.54) is 0 Å². The van der Waals surface area contributed by atoms with Gasteiger partial charge in [0, 0.05) is 13.1 Å². The lowest BCUT2D eigenvalue weighted by molar-refractivity contribution is 0.280. The Morgan fingerprint density at radius 2 is 2.00 bits per heavy atom. The third kappa shape index (κ3) is 3.73. The van der Waals surface area contributed by atoms with Gasteiger partial charge in [0.1, 0.15) is 5.75 Å². The van der Waals surface area contributed by atoms with Gasteiger partial charge in [-0.05, 0) is 44.7 Å². The summed E-state index contributed by atoms with van der Waals surface area (Å²) in [6, 6.07) is 9.72. The van der Waals surface area contributed by atoms with Crippen molar-refractivity contribution < 1.29 is 13.2 Å². The molecule has 20 heavy (non-hydrogen) atoms. The maximum absolute atomic E-state index is 12.1. The van der Waals surface area contributed by atoms with E-state index in [1.807, 2.05) is 30.3 Å². The van der Waals surface area contributed by atoms with Crippen molar-refractivity contribution in [1.29, 1.82) is 0 Å². The van der Waals surface area contributed by atoms with Gasteiger partial charge in [-0.25, -0.2) is 12.7 Å². The van der Waals surface area contributed by atoms with Crippen molar-refractivity contribution >= 4 is 10.0 Å². The molecule has 1 aromatic rings. The smallest absolute Gasteiger partial charge is 0.216 e. The molecule has 0 N–H and O–H groups in total. The van der Waals surface area contributed by atoms with Crippen molar-refractivity contribution in [3.8, 4) is 5.75 Å². The molecule has 1 aliphatic rings. The van der Waals surface area contributed by atoms with Crippen LogP contribution in [0, 0.1) is 5.92 Å². The van der Waals surface area contributed by atoms with Crippen molar-refractivity contribution in [2.75, 3.05) is 19.7 Å². The molecule has 1 atom stereocenters. The summed E-state index contributed by atoms with van der Waals surface area (Å²) in [4.78, 5) is 0. The summed E-state index contributed by atoms with van der Waals surface area (Å²) in [5.74, 6) is 1.28. The van der Waals surface area contributed by atoms with E-state index in [1.54, 1.807) is 18.2 Å². The predicted octanol–water partition coefficient (Wildman–Crippen LogP) is 2.52. The van der Waals surface area contributed by atoms with Crippen LogP contribution in [0.2, 0.25) is 0 Å². The molecule has 1 fully saturated rings. The molecule has 0 spiro atoms. The summed E-state index contributed by atoms with van der Waals surface area (Å²) in [7, 11) is -3.09. The standard InChI is InChI=1S/C15H23NO3S/c1-13(2)20(17,18)16-10-8-14(12-16)9-11-19-15-6-4-3-5-7-15/h3-7,13-14H,8-12H2,1-2H3. The zero-order valence-corrected chi connectivity index (χ0v) is 13.0. The lowest BCUT2D eigenvalue weighted by atomic mass is 10.1. The molecule has 5 heteroatoms. The van der Waals surface area contributed by atoms with Crippen LogP contribution in [0.3, 0.4) is 0 Å². The van der Waals surface area contributed by atoms with Crippen molar-refractivity contribution in [3.63, 3.8) is 0 Å². The van der Waals surface area contributed by atoms with E-state index < -0.39 is 10.0 Å². The van der Waals surface area contributed by atoms with Crippen LogP contribution in [0.25, 0.3) is 0 Å². The maximum atomic E-state index is 12.1. The Morgan fingerprint density at radius 3 is 2.65 bits per heavy atom. The summed E-state index contributed by atoms with van der Waals surface area (Å²) >= 11 is 0. The van der Waals surface area contributed by atoms with Crippen molar-refractivity contribution in [2.24, 2.45) is 5.92 Å². The molecule has 4 nitrogen and oxygen atoms in total. The van der Waals surface area contributed by atoms with Gasteiger partial charge in [-0.2, -0.15) is 0 Å². The molecule has 0 radical (unpaired) electrons. The van der Waals surface area contributed by atoms with Gasteiger partial charge in [0.15, 0.2) is 0 Å². The summed E-state index contributed by atoms with van der Waals surface area (Å²) < 4.78 is 31.4. The highest BCUT2D eigenvalue weighted by atomic mass is 32.2. The molecule has 1 saturated heterocycles. The van der Waals surface area contributed by atoms with Crippen molar-refractivity contribution in [2.45, 2.75) is 31.9 Å². The Hall–Kier alpha value is -1.07. The Morgan fingerprint density at radius 1 is 1.30 bits per heavy atom. The zero-order valence-electron chi connectivity index (χ0n) is 12.2. The highest BCUT2D eigenvalue weighted by Gasteiger charge is 2.32. The molecule has 1 aromatic carbocycles.